The lowest BCUT2D eigenvalue weighted by atomic mass is 9.73. The summed E-state index contributed by atoms with van der Waals surface area (Å²) in [6.07, 6.45) is 0. The minimum absolute atomic E-state index is 0.134. The molecule has 2 aliphatic heterocycles. The van der Waals surface area contributed by atoms with Crippen LogP contribution in [0.2, 0.25) is 0 Å². The van der Waals surface area contributed by atoms with Crippen LogP contribution in [0.5, 0.6) is 0 Å². The fourth-order valence-electron chi connectivity index (χ4n) is 10.8. The number of aliphatic imine (C=N–C) groups is 2. The molecule has 1 aromatic heterocycles. The fraction of sp³-hybridized carbons (Fsp3) is 0.103. The third-order valence-corrected chi connectivity index (χ3v) is 14.1. The summed E-state index contributed by atoms with van der Waals surface area (Å²) in [6.45, 7) is 9.25. The van der Waals surface area contributed by atoms with Crippen molar-refractivity contribution in [2.75, 3.05) is 9.80 Å². The van der Waals surface area contributed by atoms with Gasteiger partial charge < -0.3 is 9.80 Å². The van der Waals surface area contributed by atoms with Gasteiger partial charge in [-0.2, -0.15) is 9.98 Å². The third kappa shape index (κ3) is 5.94. The number of aromatic nitrogens is 2. The van der Waals surface area contributed by atoms with E-state index >= 15 is 0 Å². The summed E-state index contributed by atoms with van der Waals surface area (Å²) in [6, 6.07) is 61.8. The highest BCUT2D eigenvalue weighted by Crippen LogP contribution is 2.55. The van der Waals surface area contributed by atoms with Crippen molar-refractivity contribution in [2.45, 2.75) is 38.5 Å². The second-order valence-corrected chi connectivity index (χ2v) is 18.6. The van der Waals surface area contributed by atoms with Gasteiger partial charge in [-0.05, 0) is 147 Å². The quantitative estimate of drug-likeness (QED) is 0.122. The molecule has 8 heteroatoms. The van der Waals surface area contributed by atoms with Gasteiger partial charge in [0.15, 0.2) is 0 Å². The zero-order valence-electron chi connectivity index (χ0n) is 36.7. The Balaban J connectivity index is 0.991. The summed E-state index contributed by atoms with van der Waals surface area (Å²) in [4.78, 5) is 23.3. The minimum Gasteiger partial charge on any atom is -0.310 e. The van der Waals surface area contributed by atoms with Crippen molar-refractivity contribution < 1.29 is 0 Å². The predicted molar refractivity (Wildman–Crippen MR) is 278 cm³/mol. The molecule has 3 heterocycles. The number of benzene rings is 8. The number of isothiocyanates is 2. The molecule has 8 aromatic carbocycles. The van der Waals surface area contributed by atoms with Gasteiger partial charge >= 0.3 is 0 Å². The van der Waals surface area contributed by atoms with Crippen LogP contribution >= 0.6 is 24.4 Å². The van der Waals surface area contributed by atoms with Gasteiger partial charge in [-0.25, -0.2) is 9.97 Å². The fourth-order valence-corrected chi connectivity index (χ4v) is 10.9. The Hall–Kier alpha value is -7.70. The molecule has 0 bridgehead atoms. The van der Waals surface area contributed by atoms with Gasteiger partial charge in [0.2, 0.25) is 11.6 Å². The lowest BCUT2D eigenvalue weighted by Gasteiger charge is -2.42. The monoisotopic (exact) mass is 884 g/mol. The summed E-state index contributed by atoms with van der Waals surface area (Å²) >= 11 is 10.1. The van der Waals surface area contributed by atoms with Crippen LogP contribution in [0.4, 0.5) is 45.8 Å². The Morgan fingerprint density at radius 2 is 0.758 bits per heavy atom. The van der Waals surface area contributed by atoms with Crippen LogP contribution in [-0.4, -0.2) is 20.3 Å². The Morgan fingerprint density at radius 3 is 1.09 bits per heavy atom. The molecule has 0 saturated carbocycles. The highest BCUT2D eigenvalue weighted by atomic mass is 32.1. The molecule has 314 valence electrons. The first-order valence-electron chi connectivity index (χ1n) is 22.1. The van der Waals surface area contributed by atoms with Crippen molar-refractivity contribution in [1.29, 1.82) is 0 Å². The van der Waals surface area contributed by atoms with E-state index in [-0.39, 0.29) is 22.5 Å². The number of hydrogen-bond donors (Lipinski definition) is 0. The minimum atomic E-state index is -0.134. The van der Waals surface area contributed by atoms with Crippen LogP contribution < -0.4 is 9.80 Å². The van der Waals surface area contributed by atoms with Crippen LogP contribution in [0.15, 0.2) is 180 Å². The third-order valence-electron chi connectivity index (χ3n) is 13.9. The van der Waals surface area contributed by atoms with Crippen molar-refractivity contribution >= 4 is 91.3 Å². The van der Waals surface area contributed by atoms with E-state index in [1.807, 2.05) is 0 Å². The average molecular weight is 885 g/mol. The van der Waals surface area contributed by atoms with E-state index in [2.05, 4.69) is 228 Å². The van der Waals surface area contributed by atoms with Crippen LogP contribution in [0.3, 0.4) is 0 Å². The normalized spacial score (nSPS) is 14.2. The molecular weight excluding hydrogens is 845 g/mol. The molecule has 0 unspecified atom stereocenters. The molecule has 12 rings (SSSR count). The Morgan fingerprint density at radius 1 is 0.424 bits per heavy atom. The first kappa shape index (κ1) is 39.9. The summed E-state index contributed by atoms with van der Waals surface area (Å²) in [5.74, 6) is 0.504. The second kappa shape index (κ2) is 14.9. The molecule has 0 N–H and O–H groups in total. The summed E-state index contributed by atoms with van der Waals surface area (Å²) in [5, 5.41) is 7.06. The SMILES string of the molecule is CC1(C)c2ccccc2N(c2ccc(-c3cc4c5c(cc(-c6ccc(N7c8ccccc8C(C)(C)c8ccccc87)cc6)cc5c3)-c3nc(N=C=S)c(N=C=S)nc3-4)cc2)c2ccccc21. The molecule has 0 radical (unpaired) electrons. The molecule has 3 aliphatic rings. The lowest BCUT2D eigenvalue weighted by Crippen LogP contribution is -2.30. The Kier molecular flexibility index (Phi) is 9.02. The van der Waals surface area contributed by atoms with E-state index in [0.29, 0.717) is 11.4 Å². The van der Waals surface area contributed by atoms with Gasteiger partial charge in [0.25, 0.3) is 0 Å². The standard InChI is InChI=1S/C58H40N6S2/c1-57(2)44-13-5-9-17-48(44)63(49-18-10-6-14-45(49)57)40-25-21-35(22-26-40)37-29-39-30-38(32-43-52(39)42(31-37)53-54(43)62-56(60-34-66)55(61-53)59-33-65)36-23-27-41(28-24-36)64-50-19-11-7-15-46(50)58(3,4)47-16-8-12-20-51(47)64/h5-32H,1-4H3. The van der Waals surface area contributed by atoms with E-state index in [9.17, 15) is 0 Å². The van der Waals surface area contributed by atoms with Gasteiger partial charge in [-0.1, -0.05) is 125 Å². The summed E-state index contributed by atoms with van der Waals surface area (Å²) in [5.41, 5.74) is 19.5. The van der Waals surface area contributed by atoms with E-state index in [0.717, 1.165) is 55.5 Å². The zero-order chi connectivity index (χ0) is 44.9. The van der Waals surface area contributed by atoms with Crippen molar-refractivity contribution in [2.24, 2.45) is 9.98 Å². The summed E-state index contributed by atoms with van der Waals surface area (Å²) in [7, 11) is 0. The number of hydrogen-bond acceptors (Lipinski definition) is 8. The van der Waals surface area contributed by atoms with Gasteiger partial charge in [0, 0.05) is 38.7 Å². The Labute approximate surface area is 394 Å². The molecule has 66 heavy (non-hydrogen) atoms. The van der Waals surface area contributed by atoms with Gasteiger partial charge in [0.05, 0.1) is 44.5 Å². The van der Waals surface area contributed by atoms with Crippen LogP contribution in [0, 0.1) is 0 Å². The summed E-state index contributed by atoms with van der Waals surface area (Å²) < 4.78 is 0. The molecule has 0 spiro atoms. The predicted octanol–water partition coefficient (Wildman–Crippen LogP) is 16.3. The van der Waals surface area contributed by atoms with E-state index in [1.54, 1.807) is 0 Å². The molecule has 0 fully saturated rings. The molecule has 9 aromatic rings. The van der Waals surface area contributed by atoms with Crippen molar-refractivity contribution in [3.05, 3.63) is 192 Å². The molecule has 0 amide bonds. The van der Waals surface area contributed by atoms with Crippen molar-refractivity contribution in [1.82, 2.24) is 9.97 Å². The highest BCUT2D eigenvalue weighted by Gasteiger charge is 2.38. The maximum absolute atomic E-state index is 5.03. The maximum Gasteiger partial charge on any atom is 0.209 e. The number of fused-ring (bicyclic) bond motifs is 7. The lowest BCUT2D eigenvalue weighted by molar-refractivity contribution is 0.632. The smallest absolute Gasteiger partial charge is 0.209 e. The van der Waals surface area contributed by atoms with E-state index in [1.165, 1.54) is 45.0 Å². The molecular formula is C58H40N6S2. The van der Waals surface area contributed by atoms with Crippen molar-refractivity contribution in [3.63, 3.8) is 0 Å². The van der Waals surface area contributed by atoms with E-state index in [4.69, 9.17) is 34.4 Å². The first-order chi connectivity index (χ1) is 32.1. The van der Waals surface area contributed by atoms with Crippen LogP contribution in [0.1, 0.15) is 49.9 Å². The first-order valence-corrected chi connectivity index (χ1v) is 22.9. The number of thiocarbonyl (C=S) groups is 2. The number of rotatable bonds is 6. The average Bonchev–Trinajstić information content (AvgIpc) is 3.64. The van der Waals surface area contributed by atoms with Gasteiger partial charge in [0.1, 0.15) is 0 Å². The second-order valence-electron chi connectivity index (χ2n) is 18.2. The maximum atomic E-state index is 5.03. The Bertz CT molecular complexity index is 3280. The largest absolute Gasteiger partial charge is 0.310 e. The molecule has 0 atom stereocenters. The van der Waals surface area contributed by atoms with Crippen molar-refractivity contribution in [3.8, 4) is 44.8 Å². The molecule has 0 saturated heterocycles. The number of nitrogens with zero attached hydrogens (tertiary/aromatic N) is 6. The zero-order valence-corrected chi connectivity index (χ0v) is 38.3. The number of para-hydroxylation sites is 4. The van der Waals surface area contributed by atoms with Gasteiger partial charge in [-0.3, -0.25) is 0 Å². The highest BCUT2D eigenvalue weighted by molar-refractivity contribution is 7.78. The topological polar surface area (TPSA) is 57.0 Å². The van der Waals surface area contributed by atoms with Crippen LogP contribution in [0.25, 0.3) is 55.5 Å². The van der Waals surface area contributed by atoms with E-state index < -0.39 is 0 Å². The molecule has 6 nitrogen and oxygen atoms in total. The van der Waals surface area contributed by atoms with Crippen LogP contribution in [-0.2, 0) is 10.8 Å². The van der Waals surface area contributed by atoms with Gasteiger partial charge in [-0.15, -0.1) is 0 Å². The molecule has 1 aliphatic carbocycles. The number of anilines is 6.